The van der Waals surface area contributed by atoms with E-state index in [2.05, 4.69) is 29.2 Å². The Morgan fingerprint density at radius 1 is 1.24 bits per heavy atom. The molecule has 0 unspecified atom stereocenters. The molecule has 4 rings (SSSR count). The molecule has 108 valence electrons. The zero-order valence-electron chi connectivity index (χ0n) is 12.1. The largest absolute Gasteiger partial charge is 0.432 e. The first-order valence-corrected chi connectivity index (χ1v) is 7.26. The maximum absolute atomic E-state index is 5.91. The molecule has 0 radical (unpaired) electrons. The lowest BCUT2D eigenvalue weighted by molar-refractivity contribution is 0.644. The van der Waals surface area contributed by atoms with Crippen LogP contribution in [0.2, 0.25) is 0 Å². The molecule has 3 heterocycles. The van der Waals surface area contributed by atoms with Gasteiger partial charge in [-0.3, -0.25) is 0 Å². The Bertz CT molecular complexity index is 852. The number of furan rings is 1. The Balaban J connectivity index is 2.17. The molecule has 0 aliphatic heterocycles. The fraction of sp³-hybridized carbons (Fsp3) is 0.400. The molecule has 0 atom stereocenters. The van der Waals surface area contributed by atoms with Gasteiger partial charge in [0.2, 0.25) is 5.71 Å². The van der Waals surface area contributed by atoms with Crippen molar-refractivity contribution >= 4 is 28.0 Å². The molecule has 6 nitrogen and oxygen atoms in total. The summed E-state index contributed by atoms with van der Waals surface area (Å²) in [5.74, 6) is 6.39. The van der Waals surface area contributed by atoms with Gasteiger partial charge >= 0.3 is 0 Å². The summed E-state index contributed by atoms with van der Waals surface area (Å²) in [6.07, 6.45) is 4.81. The summed E-state index contributed by atoms with van der Waals surface area (Å²) in [4.78, 5) is 13.2. The molecule has 0 amide bonds. The first kappa shape index (κ1) is 12.5. The first-order valence-electron chi connectivity index (χ1n) is 7.26. The molecule has 1 aliphatic carbocycles. The first-order chi connectivity index (χ1) is 10.2. The predicted octanol–water partition coefficient (Wildman–Crippen LogP) is 2.67. The van der Waals surface area contributed by atoms with E-state index in [0.29, 0.717) is 23.0 Å². The van der Waals surface area contributed by atoms with Crippen LogP contribution in [0, 0.1) is 0 Å². The van der Waals surface area contributed by atoms with E-state index in [1.165, 1.54) is 17.5 Å². The minimum Gasteiger partial charge on any atom is -0.432 e. The molecular formula is C15H17N5O. The third-order valence-corrected chi connectivity index (χ3v) is 4.19. The van der Waals surface area contributed by atoms with Gasteiger partial charge in [-0.25, -0.2) is 20.8 Å². The van der Waals surface area contributed by atoms with Crippen molar-refractivity contribution in [3.8, 4) is 0 Å². The van der Waals surface area contributed by atoms with Crippen molar-refractivity contribution in [2.45, 2.75) is 39.0 Å². The number of rotatable bonds is 2. The SMILES string of the molecule is CC(C)c1nc2oc3c(NN)ncnc3c2c2c1CCC2. The number of fused-ring (bicyclic) bond motifs is 5. The standard InChI is InChI=1S/C15H17N5O/c1-7(2)11-9-5-3-4-8(9)10-12-13(21-15(10)19-11)14(20-16)18-6-17-12/h6-7H,3-5,16H2,1-2H3,(H,17,18,20). The van der Waals surface area contributed by atoms with Crippen LogP contribution in [0.4, 0.5) is 5.82 Å². The number of nitrogens with one attached hydrogen (secondary N) is 1. The van der Waals surface area contributed by atoms with Crippen molar-refractivity contribution < 1.29 is 4.42 Å². The Morgan fingerprint density at radius 2 is 2.05 bits per heavy atom. The monoisotopic (exact) mass is 283 g/mol. The Hall–Kier alpha value is -2.21. The average Bonchev–Trinajstić information content (AvgIpc) is 3.08. The highest BCUT2D eigenvalue weighted by molar-refractivity contribution is 6.06. The molecule has 3 aromatic heterocycles. The summed E-state index contributed by atoms with van der Waals surface area (Å²) in [5, 5.41) is 1.03. The highest BCUT2D eigenvalue weighted by Crippen LogP contribution is 2.39. The summed E-state index contributed by atoms with van der Waals surface area (Å²) in [5.41, 5.74) is 8.45. The van der Waals surface area contributed by atoms with Gasteiger partial charge in [-0.1, -0.05) is 13.8 Å². The van der Waals surface area contributed by atoms with Crippen molar-refractivity contribution in [1.29, 1.82) is 0 Å². The fourth-order valence-electron chi connectivity index (χ4n) is 3.31. The molecule has 3 N–H and O–H groups in total. The smallest absolute Gasteiger partial charge is 0.229 e. The van der Waals surface area contributed by atoms with Gasteiger partial charge in [0.25, 0.3) is 0 Å². The van der Waals surface area contributed by atoms with Gasteiger partial charge in [0, 0.05) is 0 Å². The van der Waals surface area contributed by atoms with E-state index in [4.69, 9.17) is 15.2 Å². The Labute approximate surface area is 121 Å². The van der Waals surface area contributed by atoms with E-state index in [0.717, 1.165) is 35.9 Å². The highest BCUT2D eigenvalue weighted by Gasteiger charge is 2.26. The number of anilines is 1. The Morgan fingerprint density at radius 3 is 2.81 bits per heavy atom. The number of hydrogen-bond acceptors (Lipinski definition) is 6. The zero-order chi connectivity index (χ0) is 14.6. The summed E-state index contributed by atoms with van der Waals surface area (Å²) >= 11 is 0. The highest BCUT2D eigenvalue weighted by atomic mass is 16.3. The Kier molecular flexibility index (Phi) is 2.62. The summed E-state index contributed by atoms with van der Waals surface area (Å²) in [7, 11) is 0. The molecule has 0 saturated carbocycles. The van der Waals surface area contributed by atoms with Crippen LogP contribution in [0.3, 0.4) is 0 Å². The average molecular weight is 283 g/mol. The second kappa shape index (κ2) is 4.39. The van der Waals surface area contributed by atoms with Gasteiger partial charge in [-0.2, -0.15) is 0 Å². The van der Waals surface area contributed by atoms with Gasteiger partial charge in [0.1, 0.15) is 11.8 Å². The summed E-state index contributed by atoms with van der Waals surface area (Å²) < 4.78 is 5.91. The van der Waals surface area contributed by atoms with Gasteiger partial charge in [0.05, 0.1) is 11.1 Å². The lowest BCUT2D eigenvalue weighted by atomic mass is 9.99. The van der Waals surface area contributed by atoms with Gasteiger partial charge in [0.15, 0.2) is 11.4 Å². The molecule has 0 bridgehead atoms. The second-order valence-electron chi connectivity index (χ2n) is 5.79. The number of hydrogen-bond donors (Lipinski definition) is 2. The molecule has 1 aliphatic rings. The fourth-order valence-corrected chi connectivity index (χ4v) is 3.31. The van der Waals surface area contributed by atoms with Crippen LogP contribution in [0.5, 0.6) is 0 Å². The second-order valence-corrected chi connectivity index (χ2v) is 5.79. The van der Waals surface area contributed by atoms with Crippen LogP contribution in [0.1, 0.15) is 43.0 Å². The van der Waals surface area contributed by atoms with Crippen LogP contribution >= 0.6 is 0 Å². The molecule has 6 heteroatoms. The minimum atomic E-state index is 0.382. The maximum atomic E-state index is 5.91. The minimum absolute atomic E-state index is 0.382. The van der Waals surface area contributed by atoms with Crippen LogP contribution in [-0.4, -0.2) is 15.0 Å². The normalized spacial score (nSPS) is 14.3. The van der Waals surface area contributed by atoms with Crippen molar-refractivity contribution in [3.05, 3.63) is 23.1 Å². The van der Waals surface area contributed by atoms with Crippen LogP contribution in [0.15, 0.2) is 10.7 Å². The molecule has 0 aromatic carbocycles. The van der Waals surface area contributed by atoms with Crippen molar-refractivity contribution in [3.63, 3.8) is 0 Å². The van der Waals surface area contributed by atoms with Crippen molar-refractivity contribution in [2.24, 2.45) is 5.84 Å². The molecule has 0 spiro atoms. The molecular weight excluding hydrogens is 266 g/mol. The van der Waals surface area contributed by atoms with Crippen LogP contribution < -0.4 is 11.3 Å². The number of nitrogens with zero attached hydrogens (tertiary/aromatic N) is 3. The van der Waals surface area contributed by atoms with E-state index in [9.17, 15) is 0 Å². The topological polar surface area (TPSA) is 89.9 Å². The third kappa shape index (κ3) is 1.65. The van der Waals surface area contributed by atoms with Crippen LogP contribution in [0.25, 0.3) is 22.2 Å². The number of nitrogen functional groups attached to an aromatic ring is 1. The lowest BCUT2D eigenvalue weighted by Gasteiger charge is -2.10. The number of hydrazine groups is 1. The zero-order valence-corrected chi connectivity index (χ0v) is 12.1. The van der Waals surface area contributed by atoms with E-state index in [1.54, 1.807) is 0 Å². The molecule has 0 fully saturated rings. The van der Waals surface area contributed by atoms with Gasteiger partial charge < -0.3 is 9.84 Å². The van der Waals surface area contributed by atoms with E-state index in [1.807, 2.05) is 0 Å². The number of pyridine rings is 1. The number of nitrogens with two attached hydrogens (primary N) is 1. The van der Waals surface area contributed by atoms with Crippen LogP contribution in [-0.2, 0) is 12.8 Å². The number of aryl methyl sites for hydroxylation is 1. The van der Waals surface area contributed by atoms with E-state index >= 15 is 0 Å². The lowest BCUT2D eigenvalue weighted by Crippen LogP contribution is -2.08. The molecule has 3 aromatic rings. The maximum Gasteiger partial charge on any atom is 0.229 e. The van der Waals surface area contributed by atoms with E-state index < -0.39 is 0 Å². The summed E-state index contributed by atoms with van der Waals surface area (Å²) in [6.45, 7) is 4.34. The molecule has 21 heavy (non-hydrogen) atoms. The quantitative estimate of drug-likeness (QED) is 0.555. The van der Waals surface area contributed by atoms with Gasteiger partial charge in [-0.15, -0.1) is 0 Å². The summed E-state index contributed by atoms with van der Waals surface area (Å²) in [6, 6.07) is 0. The number of aromatic nitrogens is 3. The third-order valence-electron chi connectivity index (χ3n) is 4.19. The van der Waals surface area contributed by atoms with Gasteiger partial charge in [-0.05, 0) is 36.3 Å². The van der Waals surface area contributed by atoms with E-state index in [-0.39, 0.29) is 0 Å². The predicted molar refractivity (Wildman–Crippen MR) is 81.0 cm³/mol. The van der Waals surface area contributed by atoms with Crippen molar-refractivity contribution in [2.75, 3.05) is 5.43 Å². The van der Waals surface area contributed by atoms with Crippen molar-refractivity contribution in [1.82, 2.24) is 15.0 Å². The molecule has 0 saturated heterocycles.